The summed E-state index contributed by atoms with van der Waals surface area (Å²) in [7, 11) is 0. The molecule has 1 aromatic carbocycles. The van der Waals surface area contributed by atoms with Gasteiger partial charge >= 0.3 is 0 Å². The van der Waals surface area contributed by atoms with E-state index in [1.165, 1.54) is 18.2 Å². The SMILES string of the molecule is C=C(C)C#Cc1cc(C=O)ccc1O.CC. The van der Waals surface area contributed by atoms with Crippen LogP contribution in [0.5, 0.6) is 5.75 Å². The van der Waals surface area contributed by atoms with Crippen molar-refractivity contribution in [3.8, 4) is 17.6 Å². The molecule has 0 atom stereocenters. The van der Waals surface area contributed by atoms with Crippen molar-refractivity contribution in [3.63, 3.8) is 0 Å². The Morgan fingerprint density at radius 1 is 1.44 bits per heavy atom. The number of phenols is 1. The van der Waals surface area contributed by atoms with E-state index in [-0.39, 0.29) is 5.75 Å². The number of rotatable bonds is 1. The molecule has 0 saturated heterocycles. The Kier molecular flexibility index (Phi) is 6.39. The van der Waals surface area contributed by atoms with Gasteiger partial charge in [-0.05, 0) is 30.7 Å². The lowest BCUT2D eigenvalue weighted by Gasteiger charge is -1.96. The van der Waals surface area contributed by atoms with Gasteiger partial charge in [0.25, 0.3) is 0 Å². The van der Waals surface area contributed by atoms with E-state index in [0.717, 1.165) is 0 Å². The number of benzene rings is 1. The lowest BCUT2D eigenvalue weighted by molar-refractivity contribution is 0.112. The molecule has 0 fully saturated rings. The standard InChI is InChI=1S/C12H10O2.C2H6/c1-9(2)3-5-11-7-10(8-13)4-6-12(11)14;1-2/h4,6-8,14H,1H2,2H3;1-2H3. The third kappa shape index (κ3) is 4.47. The van der Waals surface area contributed by atoms with E-state index in [9.17, 15) is 9.90 Å². The van der Waals surface area contributed by atoms with Crippen LogP contribution in [0.1, 0.15) is 36.7 Å². The van der Waals surface area contributed by atoms with Gasteiger partial charge in [-0.1, -0.05) is 32.3 Å². The molecule has 0 radical (unpaired) electrons. The highest BCUT2D eigenvalue weighted by atomic mass is 16.3. The first kappa shape index (κ1) is 14.0. The normalized spacial score (nSPS) is 7.94. The highest BCUT2D eigenvalue weighted by Gasteiger charge is 1.98. The molecule has 1 rings (SSSR count). The zero-order valence-corrected chi connectivity index (χ0v) is 9.87. The molecule has 0 bridgehead atoms. The molecule has 16 heavy (non-hydrogen) atoms. The largest absolute Gasteiger partial charge is 0.507 e. The van der Waals surface area contributed by atoms with Crippen LogP contribution in [0.2, 0.25) is 0 Å². The molecule has 0 aromatic heterocycles. The summed E-state index contributed by atoms with van der Waals surface area (Å²) in [6, 6.07) is 4.53. The Hall–Kier alpha value is -2.01. The minimum absolute atomic E-state index is 0.0735. The average Bonchev–Trinajstić information content (AvgIpc) is 2.30. The van der Waals surface area contributed by atoms with Gasteiger partial charge in [-0.3, -0.25) is 4.79 Å². The topological polar surface area (TPSA) is 37.3 Å². The Morgan fingerprint density at radius 2 is 2.06 bits per heavy atom. The third-order valence-corrected chi connectivity index (χ3v) is 1.57. The molecular formula is C14H16O2. The molecule has 1 N–H and O–H groups in total. The molecule has 2 nitrogen and oxygen atoms in total. The first-order valence-electron chi connectivity index (χ1n) is 5.09. The van der Waals surface area contributed by atoms with E-state index < -0.39 is 0 Å². The maximum Gasteiger partial charge on any atom is 0.150 e. The number of aldehydes is 1. The van der Waals surface area contributed by atoms with Crippen molar-refractivity contribution < 1.29 is 9.90 Å². The predicted molar refractivity (Wildman–Crippen MR) is 66.5 cm³/mol. The van der Waals surface area contributed by atoms with Crippen molar-refractivity contribution in [2.75, 3.05) is 0 Å². The van der Waals surface area contributed by atoms with Gasteiger partial charge in [0.05, 0.1) is 5.56 Å². The van der Waals surface area contributed by atoms with E-state index in [2.05, 4.69) is 18.4 Å². The Morgan fingerprint density at radius 3 is 2.56 bits per heavy atom. The quantitative estimate of drug-likeness (QED) is 0.578. The first-order chi connectivity index (χ1) is 7.63. The summed E-state index contributed by atoms with van der Waals surface area (Å²) in [5, 5.41) is 9.40. The van der Waals surface area contributed by atoms with Crippen LogP contribution < -0.4 is 0 Å². The summed E-state index contributed by atoms with van der Waals surface area (Å²) >= 11 is 0. The van der Waals surface area contributed by atoms with Crippen molar-refractivity contribution >= 4 is 6.29 Å². The predicted octanol–water partition coefficient (Wildman–Crippen LogP) is 3.16. The maximum absolute atomic E-state index is 10.5. The zero-order chi connectivity index (χ0) is 12.6. The van der Waals surface area contributed by atoms with Crippen LogP contribution in [0.4, 0.5) is 0 Å². The van der Waals surface area contributed by atoms with Crippen LogP contribution in [-0.4, -0.2) is 11.4 Å². The summed E-state index contributed by atoms with van der Waals surface area (Å²) in [4.78, 5) is 10.5. The number of phenolic OH excluding ortho intramolecular Hbond substituents is 1. The molecule has 0 unspecified atom stereocenters. The van der Waals surface area contributed by atoms with E-state index in [0.29, 0.717) is 23.0 Å². The highest BCUT2D eigenvalue weighted by molar-refractivity contribution is 5.76. The molecule has 0 amide bonds. The van der Waals surface area contributed by atoms with Crippen LogP contribution in [0.15, 0.2) is 30.4 Å². The van der Waals surface area contributed by atoms with Crippen LogP contribution >= 0.6 is 0 Å². The molecule has 1 aromatic rings. The second-order valence-corrected chi connectivity index (χ2v) is 2.92. The lowest BCUT2D eigenvalue weighted by atomic mass is 10.1. The molecule has 0 heterocycles. The van der Waals surface area contributed by atoms with Gasteiger partial charge in [0, 0.05) is 5.56 Å². The molecule has 0 saturated carbocycles. The van der Waals surface area contributed by atoms with Crippen LogP contribution in [-0.2, 0) is 0 Å². The highest BCUT2D eigenvalue weighted by Crippen LogP contribution is 2.16. The monoisotopic (exact) mass is 216 g/mol. The minimum atomic E-state index is 0.0735. The second-order valence-electron chi connectivity index (χ2n) is 2.92. The van der Waals surface area contributed by atoms with Crippen LogP contribution in [0.3, 0.4) is 0 Å². The molecule has 84 valence electrons. The summed E-state index contributed by atoms with van der Waals surface area (Å²) in [5.41, 5.74) is 1.65. The van der Waals surface area contributed by atoms with Crippen molar-refractivity contribution in [3.05, 3.63) is 41.5 Å². The minimum Gasteiger partial charge on any atom is -0.507 e. The molecule has 0 aliphatic rings. The molecule has 2 heteroatoms. The maximum atomic E-state index is 10.5. The molecule has 0 aliphatic carbocycles. The Balaban J connectivity index is 0.00000106. The van der Waals surface area contributed by atoms with Gasteiger partial charge < -0.3 is 5.11 Å². The van der Waals surface area contributed by atoms with Gasteiger partial charge in [0.15, 0.2) is 0 Å². The van der Waals surface area contributed by atoms with Crippen molar-refractivity contribution in [2.24, 2.45) is 0 Å². The number of hydrogen-bond donors (Lipinski definition) is 1. The summed E-state index contributed by atoms with van der Waals surface area (Å²) in [6.07, 6.45) is 0.714. The third-order valence-electron chi connectivity index (χ3n) is 1.57. The summed E-state index contributed by atoms with van der Waals surface area (Å²) in [6.45, 7) is 9.39. The Labute approximate surface area is 96.6 Å². The van der Waals surface area contributed by atoms with E-state index >= 15 is 0 Å². The molecular weight excluding hydrogens is 200 g/mol. The van der Waals surface area contributed by atoms with Crippen LogP contribution in [0, 0.1) is 11.8 Å². The van der Waals surface area contributed by atoms with E-state index in [1.54, 1.807) is 6.92 Å². The van der Waals surface area contributed by atoms with Gasteiger partial charge in [-0.15, -0.1) is 0 Å². The van der Waals surface area contributed by atoms with Gasteiger partial charge in [0.1, 0.15) is 12.0 Å². The number of carbonyl (C=O) groups is 1. The fraction of sp³-hybridized carbons (Fsp3) is 0.214. The van der Waals surface area contributed by atoms with Crippen molar-refractivity contribution in [1.82, 2.24) is 0 Å². The summed E-state index contributed by atoms with van der Waals surface area (Å²) < 4.78 is 0. The van der Waals surface area contributed by atoms with Gasteiger partial charge in [-0.2, -0.15) is 0 Å². The molecule has 0 spiro atoms. The van der Waals surface area contributed by atoms with Crippen molar-refractivity contribution in [1.29, 1.82) is 0 Å². The smallest absolute Gasteiger partial charge is 0.150 e. The fourth-order valence-electron chi connectivity index (χ4n) is 0.901. The van der Waals surface area contributed by atoms with Crippen molar-refractivity contribution in [2.45, 2.75) is 20.8 Å². The average molecular weight is 216 g/mol. The molecule has 0 aliphatic heterocycles. The first-order valence-corrected chi connectivity index (χ1v) is 5.09. The number of aromatic hydroxyl groups is 1. The number of allylic oxidation sites excluding steroid dienone is 1. The zero-order valence-electron chi connectivity index (χ0n) is 9.87. The van der Waals surface area contributed by atoms with Gasteiger partial charge in [0.2, 0.25) is 0 Å². The number of carbonyl (C=O) groups excluding carboxylic acids is 1. The van der Waals surface area contributed by atoms with E-state index in [4.69, 9.17) is 0 Å². The second kappa shape index (κ2) is 7.30. The Bertz CT molecular complexity index is 434. The van der Waals surface area contributed by atoms with Crippen LogP contribution in [0.25, 0.3) is 0 Å². The lowest BCUT2D eigenvalue weighted by Crippen LogP contribution is -1.83. The number of hydrogen-bond acceptors (Lipinski definition) is 2. The van der Waals surface area contributed by atoms with E-state index in [1.807, 2.05) is 13.8 Å². The summed E-state index contributed by atoms with van der Waals surface area (Å²) in [5.74, 6) is 5.54. The fourth-order valence-corrected chi connectivity index (χ4v) is 0.901. The van der Waals surface area contributed by atoms with Gasteiger partial charge in [-0.25, -0.2) is 0 Å².